The zero-order valence-electron chi connectivity index (χ0n) is 9.86. The zero-order valence-corrected chi connectivity index (χ0v) is 9.86. The Morgan fingerprint density at radius 3 is 2.71 bits per heavy atom. The topological polar surface area (TPSA) is 96.3 Å². The number of amides is 2. The molecule has 3 N–H and O–H groups in total. The Morgan fingerprint density at radius 1 is 1.47 bits per heavy atom. The molecule has 0 fully saturated rings. The van der Waals surface area contributed by atoms with Gasteiger partial charge in [0.1, 0.15) is 5.69 Å². The molecule has 1 heterocycles. The summed E-state index contributed by atoms with van der Waals surface area (Å²) in [6.07, 6.45) is 0. The fourth-order valence-corrected chi connectivity index (χ4v) is 1.33. The van der Waals surface area contributed by atoms with Crippen molar-refractivity contribution < 1.29 is 14.7 Å². The second kappa shape index (κ2) is 6.00. The van der Waals surface area contributed by atoms with Crippen molar-refractivity contribution >= 4 is 11.8 Å². The van der Waals surface area contributed by atoms with Crippen LogP contribution >= 0.6 is 0 Å². The molecule has 0 aromatic carbocycles. The maximum atomic E-state index is 11.7. The van der Waals surface area contributed by atoms with Gasteiger partial charge in [-0.15, -0.1) is 0 Å². The number of rotatable bonds is 5. The van der Waals surface area contributed by atoms with Crippen LogP contribution in [0.25, 0.3) is 0 Å². The lowest BCUT2D eigenvalue weighted by Gasteiger charge is -2.05. The van der Waals surface area contributed by atoms with Gasteiger partial charge in [-0.05, 0) is 13.0 Å². The van der Waals surface area contributed by atoms with Gasteiger partial charge in [0.2, 0.25) is 5.91 Å². The maximum absolute atomic E-state index is 11.7. The molecule has 0 aliphatic heterocycles. The van der Waals surface area contributed by atoms with E-state index in [0.717, 1.165) is 5.69 Å². The number of hydrogen-bond acceptors (Lipinski definition) is 4. The van der Waals surface area contributed by atoms with E-state index < -0.39 is 0 Å². The minimum Gasteiger partial charge on any atom is -0.395 e. The molecule has 0 saturated carbocycles. The third-order valence-electron chi connectivity index (χ3n) is 2.08. The highest BCUT2D eigenvalue weighted by molar-refractivity contribution is 5.95. The Bertz CT molecular complexity index is 414. The monoisotopic (exact) mass is 240 g/mol. The van der Waals surface area contributed by atoms with E-state index in [4.69, 9.17) is 5.11 Å². The molecular formula is C10H16N4O3. The number of aliphatic hydroxyl groups excluding tert-OH is 1. The van der Waals surface area contributed by atoms with Crippen molar-refractivity contribution in [2.75, 3.05) is 19.7 Å². The third kappa shape index (κ3) is 3.87. The zero-order chi connectivity index (χ0) is 12.8. The summed E-state index contributed by atoms with van der Waals surface area (Å²) in [5, 5.41) is 17.4. The lowest BCUT2D eigenvalue weighted by atomic mass is 10.3. The SMILES string of the molecule is Cc1cc(C(=O)NCC(=O)NCCO)n(C)n1. The van der Waals surface area contributed by atoms with Crippen LogP contribution in [0, 0.1) is 6.92 Å². The van der Waals surface area contributed by atoms with E-state index in [1.165, 1.54) is 4.68 Å². The molecule has 0 aliphatic carbocycles. The van der Waals surface area contributed by atoms with Crippen molar-refractivity contribution in [3.05, 3.63) is 17.5 Å². The second-order valence-electron chi connectivity index (χ2n) is 3.55. The van der Waals surface area contributed by atoms with E-state index in [-0.39, 0.29) is 31.5 Å². The van der Waals surface area contributed by atoms with Crippen LogP contribution in [0.1, 0.15) is 16.2 Å². The summed E-state index contributed by atoms with van der Waals surface area (Å²) in [7, 11) is 1.66. The van der Waals surface area contributed by atoms with Gasteiger partial charge < -0.3 is 15.7 Å². The van der Waals surface area contributed by atoms with Gasteiger partial charge in [-0.1, -0.05) is 0 Å². The average molecular weight is 240 g/mol. The van der Waals surface area contributed by atoms with Crippen LogP contribution in [0.5, 0.6) is 0 Å². The molecule has 1 rings (SSSR count). The van der Waals surface area contributed by atoms with Gasteiger partial charge in [0.15, 0.2) is 0 Å². The van der Waals surface area contributed by atoms with E-state index in [9.17, 15) is 9.59 Å². The van der Waals surface area contributed by atoms with E-state index in [2.05, 4.69) is 15.7 Å². The molecular weight excluding hydrogens is 224 g/mol. The number of nitrogens with zero attached hydrogens (tertiary/aromatic N) is 2. The van der Waals surface area contributed by atoms with E-state index in [0.29, 0.717) is 5.69 Å². The molecule has 0 saturated heterocycles. The predicted molar refractivity (Wildman–Crippen MR) is 60.4 cm³/mol. The number of carbonyl (C=O) groups is 2. The van der Waals surface area contributed by atoms with E-state index >= 15 is 0 Å². The lowest BCUT2D eigenvalue weighted by Crippen LogP contribution is -2.38. The molecule has 1 aromatic heterocycles. The first-order valence-corrected chi connectivity index (χ1v) is 5.21. The Hall–Kier alpha value is -1.89. The first kappa shape index (κ1) is 13.2. The standard InChI is InChI=1S/C10H16N4O3/c1-7-5-8(14(2)13-7)10(17)12-6-9(16)11-3-4-15/h5,15H,3-4,6H2,1-2H3,(H,11,16)(H,12,17). The first-order valence-electron chi connectivity index (χ1n) is 5.21. The summed E-state index contributed by atoms with van der Waals surface area (Å²) < 4.78 is 1.45. The fourth-order valence-electron chi connectivity index (χ4n) is 1.33. The van der Waals surface area contributed by atoms with Gasteiger partial charge in [0, 0.05) is 13.6 Å². The number of aromatic nitrogens is 2. The Labute approximate surface area is 98.8 Å². The quantitative estimate of drug-likeness (QED) is 0.587. The highest BCUT2D eigenvalue weighted by Crippen LogP contribution is 2.00. The van der Waals surface area contributed by atoms with Crippen molar-refractivity contribution in [2.24, 2.45) is 7.05 Å². The summed E-state index contributed by atoms with van der Waals surface area (Å²) in [5.41, 5.74) is 1.14. The summed E-state index contributed by atoms with van der Waals surface area (Å²) in [6, 6.07) is 1.64. The summed E-state index contributed by atoms with van der Waals surface area (Å²) in [4.78, 5) is 22.8. The van der Waals surface area contributed by atoms with Crippen LogP contribution < -0.4 is 10.6 Å². The molecule has 94 valence electrons. The van der Waals surface area contributed by atoms with Crippen LogP contribution in [-0.4, -0.2) is 46.4 Å². The highest BCUT2D eigenvalue weighted by Gasteiger charge is 2.12. The minimum atomic E-state index is -0.354. The molecule has 0 bridgehead atoms. The van der Waals surface area contributed by atoms with Gasteiger partial charge >= 0.3 is 0 Å². The molecule has 2 amide bonds. The maximum Gasteiger partial charge on any atom is 0.269 e. The Morgan fingerprint density at radius 2 is 2.18 bits per heavy atom. The van der Waals surface area contributed by atoms with Crippen LogP contribution in [-0.2, 0) is 11.8 Å². The molecule has 1 aromatic rings. The molecule has 0 unspecified atom stereocenters. The number of aliphatic hydroxyl groups is 1. The number of carbonyl (C=O) groups excluding carboxylic acids is 2. The molecule has 0 spiro atoms. The van der Waals surface area contributed by atoms with Crippen molar-refractivity contribution in [3.8, 4) is 0 Å². The smallest absolute Gasteiger partial charge is 0.269 e. The summed E-state index contributed by atoms with van der Waals surface area (Å²) in [6.45, 7) is 1.72. The van der Waals surface area contributed by atoms with Crippen LogP contribution in [0.4, 0.5) is 0 Å². The molecule has 0 radical (unpaired) electrons. The predicted octanol–water partition coefficient (Wildman–Crippen LogP) is -1.43. The lowest BCUT2D eigenvalue weighted by molar-refractivity contribution is -0.120. The van der Waals surface area contributed by atoms with Crippen LogP contribution in [0.15, 0.2) is 6.07 Å². The average Bonchev–Trinajstić information content (AvgIpc) is 2.62. The first-order chi connectivity index (χ1) is 8.04. The van der Waals surface area contributed by atoms with Gasteiger partial charge in [-0.2, -0.15) is 5.10 Å². The summed E-state index contributed by atoms with van der Waals surface area (Å²) in [5.74, 6) is -0.696. The number of hydrogen-bond donors (Lipinski definition) is 3. The largest absolute Gasteiger partial charge is 0.395 e. The van der Waals surface area contributed by atoms with E-state index in [1.807, 2.05) is 0 Å². The molecule has 7 nitrogen and oxygen atoms in total. The fraction of sp³-hybridized carbons (Fsp3) is 0.500. The van der Waals surface area contributed by atoms with Gasteiger partial charge in [0.25, 0.3) is 5.91 Å². The van der Waals surface area contributed by atoms with Gasteiger partial charge in [0.05, 0.1) is 18.8 Å². The Kier molecular flexibility index (Phi) is 4.65. The summed E-state index contributed by atoms with van der Waals surface area (Å²) >= 11 is 0. The van der Waals surface area contributed by atoms with Crippen molar-refractivity contribution in [1.82, 2.24) is 20.4 Å². The molecule has 0 aliphatic rings. The second-order valence-corrected chi connectivity index (χ2v) is 3.55. The van der Waals surface area contributed by atoms with Gasteiger partial charge in [-0.3, -0.25) is 14.3 Å². The number of aryl methyl sites for hydroxylation is 2. The molecule has 7 heteroatoms. The van der Waals surface area contributed by atoms with Crippen molar-refractivity contribution in [2.45, 2.75) is 6.92 Å². The molecule has 0 atom stereocenters. The minimum absolute atomic E-state index is 0.122. The Balaban J connectivity index is 2.45. The van der Waals surface area contributed by atoms with Crippen LogP contribution in [0.2, 0.25) is 0 Å². The third-order valence-corrected chi connectivity index (χ3v) is 2.08. The van der Waals surface area contributed by atoms with Crippen molar-refractivity contribution in [3.63, 3.8) is 0 Å². The van der Waals surface area contributed by atoms with Crippen molar-refractivity contribution in [1.29, 1.82) is 0 Å². The number of nitrogens with one attached hydrogen (secondary N) is 2. The van der Waals surface area contributed by atoms with E-state index in [1.54, 1.807) is 20.0 Å². The highest BCUT2D eigenvalue weighted by atomic mass is 16.3. The van der Waals surface area contributed by atoms with Crippen LogP contribution in [0.3, 0.4) is 0 Å². The molecule has 17 heavy (non-hydrogen) atoms. The normalized spacial score (nSPS) is 10.1. The van der Waals surface area contributed by atoms with Gasteiger partial charge in [-0.25, -0.2) is 0 Å².